The molecular weight excluding hydrogens is 330 g/mol. The molecule has 1 aromatic heterocycles. The van der Waals surface area contributed by atoms with Crippen LogP contribution in [0, 0.1) is 0 Å². The number of nitrogens with one attached hydrogen (secondary N) is 2. The summed E-state index contributed by atoms with van der Waals surface area (Å²) in [7, 11) is 3.19. The molecule has 3 aromatic rings. The lowest BCUT2D eigenvalue weighted by Crippen LogP contribution is -2.23. The molecule has 136 valence electrons. The standard InChI is InChI=1S/C19H23N5O2/c1-25-16-10-9-13(12-17(16)26-2)22-19(20)21-11-5-8-18-23-14-6-3-4-7-15(14)24-18/h3-4,6-7,9-10,12H,5,8,11H2,1-2H3,(H,23,24)(H3,20,21,22). The first-order chi connectivity index (χ1) is 12.7. The van der Waals surface area contributed by atoms with Gasteiger partial charge in [0.25, 0.3) is 0 Å². The minimum Gasteiger partial charge on any atom is -0.493 e. The Morgan fingerprint density at radius 1 is 1.15 bits per heavy atom. The smallest absolute Gasteiger partial charge is 0.193 e. The predicted molar refractivity (Wildman–Crippen MR) is 104 cm³/mol. The van der Waals surface area contributed by atoms with Gasteiger partial charge in [0.2, 0.25) is 0 Å². The topological polar surface area (TPSA) is 97.5 Å². The van der Waals surface area contributed by atoms with E-state index in [1.807, 2.05) is 42.5 Å². The summed E-state index contributed by atoms with van der Waals surface area (Å²) in [4.78, 5) is 12.2. The van der Waals surface area contributed by atoms with Crippen LogP contribution in [-0.2, 0) is 6.42 Å². The van der Waals surface area contributed by atoms with Gasteiger partial charge in [0.15, 0.2) is 17.5 Å². The van der Waals surface area contributed by atoms with Crippen LogP contribution in [0.5, 0.6) is 11.5 Å². The Kier molecular flexibility index (Phi) is 5.58. The highest BCUT2D eigenvalue weighted by molar-refractivity contribution is 5.92. The van der Waals surface area contributed by atoms with Crippen LogP contribution in [0.3, 0.4) is 0 Å². The quantitative estimate of drug-likeness (QED) is 0.345. The zero-order chi connectivity index (χ0) is 18.4. The summed E-state index contributed by atoms with van der Waals surface area (Å²) >= 11 is 0. The maximum atomic E-state index is 5.95. The highest BCUT2D eigenvalue weighted by Gasteiger charge is 2.05. The first-order valence-corrected chi connectivity index (χ1v) is 8.42. The van der Waals surface area contributed by atoms with Gasteiger partial charge in [-0.2, -0.15) is 0 Å². The second-order valence-electron chi connectivity index (χ2n) is 5.77. The third kappa shape index (κ3) is 4.24. The Balaban J connectivity index is 1.52. The van der Waals surface area contributed by atoms with Gasteiger partial charge in [-0.3, -0.25) is 4.99 Å². The molecule has 0 amide bonds. The molecule has 0 aliphatic rings. The number of ether oxygens (including phenoxy) is 2. The van der Waals surface area contributed by atoms with Crippen molar-refractivity contribution in [2.24, 2.45) is 10.7 Å². The summed E-state index contributed by atoms with van der Waals surface area (Å²) in [5.74, 6) is 2.63. The van der Waals surface area contributed by atoms with E-state index in [-0.39, 0.29) is 0 Å². The number of nitrogens with zero attached hydrogens (tertiary/aromatic N) is 2. The number of aromatic amines is 1. The third-order valence-corrected chi connectivity index (χ3v) is 3.95. The number of aryl methyl sites for hydroxylation is 1. The largest absolute Gasteiger partial charge is 0.493 e. The monoisotopic (exact) mass is 353 g/mol. The fourth-order valence-electron chi connectivity index (χ4n) is 2.67. The van der Waals surface area contributed by atoms with E-state index in [4.69, 9.17) is 15.2 Å². The van der Waals surface area contributed by atoms with E-state index < -0.39 is 0 Å². The number of guanidine groups is 1. The van der Waals surface area contributed by atoms with Crippen LogP contribution in [0.15, 0.2) is 47.5 Å². The number of anilines is 1. The highest BCUT2D eigenvalue weighted by Crippen LogP contribution is 2.29. The zero-order valence-corrected chi connectivity index (χ0v) is 15.0. The number of imidazole rings is 1. The lowest BCUT2D eigenvalue weighted by Gasteiger charge is -2.10. The Hall–Kier alpha value is -3.22. The summed E-state index contributed by atoms with van der Waals surface area (Å²) < 4.78 is 10.5. The second kappa shape index (κ2) is 8.24. The third-order valence-electron chi connectivity index (χ3n) is 3.95. The minimum atomic E-state index is 0.363. The van der Waals surface area contributed by atoms with Gasteiger partial charge in [0, 0.05) is 24.7 Å². The second-order valence-corrected chi connectivity index (χ2v) is 5.77. The number of fused-ring (bicyclic) bond motifs is 1. The molecule has 0 bridgehead atoms. The van der Waals surface area contributed by atoms with E-state index in [1.165, 1.54) is 0 Å². The molecule has 7 heteroatoms. The molecule has 2 aromatic carbocycles. The van der Waals surface area contributed by atoms with Crippen LogP contribution in [0.4, 0.5) is 5.69 Å². The summed E-state index contributed by atoms with van der Waals surface area (Å²) in [6.45, 7) is 0.614. The van der Waals surface area contributed by atoms with Gasteiger partial charge in [-0.05, 0) is 30.7 Å². The lowest BCUT2D eigenvalue weighted by atomic mass is 10.3. The fourth-order valence-corrected chi connectivity index (χ4v) is 2.67. The van der Waals surface area contributed by atoms with Crippen LogP contribution >= 0.6 is 0 Å². The molecule has 0 aliphatic heterocycles. The van der Waals surface area contributed by atoms with Crippen molar-refractivity contribution in [2.45, 2.75) is 12.8 Å². The van der Waals surface area contributed by atoms with Gasteiger partial charge in [0.1, 0.15) is 5.82 Å². The molecule has 0 fully saturated rings. The maximum Gasteiger partial charge on any atom is 0.193 e. The van der Waals surface area contributed by atoms with Crippen molar-refractivity contribution >= 4 is 22.7 Å². The molecule has 0 saturated heterocycles. The molecule has 3 rings (SSSR count). The Morgan fingerprint density at radius 2 is 1.96 bits per heavy atom. The Morgan fingerprint density at radius 3 is 2.73 bits per heavy atom. The SMILES string of the molecule is COc1ccc(NC(N)=NCCCc2nc3ccccc3[nH]2)cc1OC. The molecule has 0 saturated carbocycles. The fraction of sp³-hybridized carbons (Fsp3) is 0.263. The Labute approximate surface area is 152 Å². The van der Waals surface area contributed by atoms with E-state index >= 15 is 0 Å². The molecule has 4 N–H and O–H groups in total. The van der Waals surface area contributed by atoms with Crippen LogP contribution in [-0.4, -0.2) is 36.7 Å². The number of rotatable bonds is 7. The highest BCUT2D eigenvalue weighted by atomic mass is 16.5. The molecule has 0 aliphatic carbocycles. The number of nitrogens with two attached hydrogens (primary N) is 1. The lowest BCUT2D eigenvalue weighted by molar-refractivity contribution is 0.355. The summed E-state index contributed by atoms with van der Waals surface area (Å²) in [6.07, 6.45) is 1.68. The molecular formula is C19H23N5O2. The van der Waals surface area contributed by atoms with E-state index in [1.54, 1.807) is 14.2 Å². The van der Waals surface area contributed by atoms with Gasteiger partial charge >= 0.3 is 0 Å². The molecule has 0 spiro atoms. The molecule has 1 heterocycles. The number of benzene rings is 2. The van der Waals surface area contributed by atoms with Gasteiger partial charge in [-0.25, -0.2) is 4.98 Å². The van der Waals surface area contributed by atoms with Crippen molar-refractivity contribution in [3.63, 3.8) is 0 Å². The van der Waals surface area contributed by atoms with Gasteiger partial charge in [-0.15, -0.1) is 0 Å². The van der Waals surface area contributed by atoms with Crippen LogP contribution in [0.2, 0.25) is 0 Å². The summed E-state index contributed by atoms with van der Waals surface area (Å²) in [5, 5.41) is 3.06. The van der Waals surface area contributed by atoms with Gasteiger partial charge in [-0.1, -0.05) is 12.1 Å². The van der Waals surface area contributed by atoms with Crippen molar-refractivity contribution in [3.05, 3.63) is 48.3 Å². The van der Waals surface area contributed by atoms with Crippen molar-refractivity contribution in [3.8, 4) is 11.5 Å². The number of H-pyrrole nitrogens is 1. The van der Waals surface area contributed by atoms with Crippen LogP contribution < -0.4 is 20.5 Å². The van der Waals surface area contributed by atoms with E-state index in [9.17, 15) is 0 Å². The van der Waals surface area contributed by atoms with Gasteiger partial charge < -0.3 is 25.5 Å². The van der Waals surface area contributed by atoms with Crippen molar-refractivity contribution < 1.29 is 9.47 Å². The minimum absolute atomic E-state index is 0.363. The van der Waals surface area contributed by atoms with Crippen molar-refractivity contribution in [1.29, 1.82) is 0 Å². The predicted octanol–water partition coefficient (Wildman–Crippen LogP) is 2.94. The number of methoxy groups -OCH3 is 2. The van der Waals surface area contributed by atoms with Crippen molar-refractivity contribution in [1.82, 2.24) is 9.97 Å². The van der Waals surface area contributed by atoms with E-state index in [2.05, 4.69) is 20.3 Å². The van der Waals surface area contributed by atoms with E-state index in [0.29, 0.717) is 24.0 Å². The van der Waals surface area contributed by atoms with Crippen molar-refractivity contribution in [2.75, 3.05) is 26.1 Å². The molecule has 0 unspecified atom stereocenters. The van der Waals surface area contributed by atoms with Crippen LogP contribution in [0.1, 0.15) is 12.2 Å². The number of aliphatic imine (C=N–C) groups is 1. The number of para-hydroxylation sites is 2. The first-order valence-electron chi connectivity index (χ1n) is 8.42. The summed E-state index contributed by atoms with van der Waals surface area (Å²) in [5.41, 5.74) is 8.79. The molecule has 0 radical (unpaired) electrons. The number of aromatic nitrogens is 2. The maximum absolute atomic E-state index is 5.95. The average Bonchev–Trinajstić information content (AvgIpc) is 3.08. The first kappa shape index (κ1) is 17.6. The Bertz CT molecular complexity index is 871. The van der Waals surface area contributed by atoms with E-state index in [0.717, 1.165) is 35.4 Å². The van der Waals surface area contributed by atoms with Crippen LogP contribution in [0.25, 0.3) is 11.0 Å². The normalized spacial score (nSPS) is 11.5. The number of hydrogen-bond acceptors (Lipinski definition) is 4. The molecule has 26 heavy (non-hydrogen) atoms. The number of hydrogen-bond donors (Lipinski definition) is 3. The molecule has 7 nitrogen and oxygen atoms in total. The van der Waals surface area contributed by atoms with Gasteiger partial charge in [0.05, 0.1) is 25.3 Å². The zero-order valence-electron chi connectivity index (χ0n) is 15.0. The summed E-state index contributed by atoms with van der Waals surface area (Å²) in [6, 6.07) is 13.5. The average molecular weight is 353 g/mol. The molecule has 0 atom stereocenters.